The van der Waals surface area contributed by atoms with Gasteiger partial charge in [0.1, 0.15) is 13.2 Å². The molecule has 0 radical (unpaired) electrons. The van der Waals surface area contributed by atoms with Crippen molar-refractivity contribution in [3.05, 3.63) is 170 Å². The van der Waals surface area contributed by atoms with E-state index in [0.717, 1.165) is 167 Å². The van der Waals surface area contributed by atoms with Gasteiger partial charge in [-0.1, -0.05) is 242 Å². The minimum absolute atomic E-state index is 0.118. The molecule has 0 fully saturated rings. The van der Waals surface area contributed by atoms with E-state index in [1.165, 1.54) is 32.1 Å². The fourth-order valence-corrected chi connectivity index (χ4v) is 7.83. The maximum absolute atomic E-state index is 12.9. The number of carbonyl (C=O) groups is 3. The highest BCUT2D eigenvalue weighted by Gasteiger charge is 2.19. The van der Waals surface area contributed by atoms with Crippen LogP contribution >= 0.6 is 0 Å². The molecule has 0 aromatic rings. The van der Waals surface area contributed by atoms with E-state index >= 15 is 0 Å². The van der Waals surface area contributed by atoms with Crippen LogP contribution in [0.1, 0.15) is 245 Å². The monoisotopic (exact) mass is 1070 g/mol. The lowest BCUT2D eigenvalue weighted by molar-refractivity contribution is -0.167. The molecule has 0 aromatic heterocycles. The summed E-state index contributed by atoms with van der Waals surface area (Å²) in [7, 11) is 0. The largest absolute Gasteiger partial charge is 0.462 e. The van der Waals surface area contributed by atoms with Crippen LogP contribution < -0.4 is 0 Å². The predicted molar refractivity (Wildman–Crippen MR) is 338 cm³/mol. The Kier molecular flexibility index (Phi) is 60.0. The van der Waals surface area contributed by atoms with Crippen LogP contribution in [0.2, 0.25) is 0 Å². The standard InChI is InChI=1S/C72H112O6/c1-4-7-10-13-16-19-22-25-28-31-33-34-35-36-37-38-40-41-44-47-50-53-56-59-62-65-71(74)77-68-69(67-76-70(73)64-61-58-55-52-49-46-43-30-27-24-21-18-15-12-9-6-3)78-72(75)66-63-60-57-54-51-48-45-42-39-32-29-26-23-20-17-14-11-8-5-2/h7-8,10-11,16-17,19-21,24-26,28-30,33-34,36-37,39-43,47-48,50-51,69H,4-6,9,12-15,18,22-23,27,31-32,35,38,44-46,49,52-68H2,1-3H3/b10-7-,11-8-,19-16-,20-17-,24-21-,28-25-,29-26-,34-33-,37-36-,41-40-,42-39-,43-30-,50-47-,51-48-. The molecule has 0 amide bonds. The summed E-state index contributed by atoms with van der Waals surface area (Å²) in [5, 5.41) is 0. The Hall–Kier alpha value is -5.23. The van der Waals surface area contributed by atoms with Gasteiger partial charge in [0, 0.05) is 19.3 Å². The van der Waals surface area contributed by atoms with Gasteiger partial charge in [-0.25, -0.2) is 0 Å². The van der Waals surface area contributed by atoms with Gasteiger partial charge in [0.25, 0.3) is 0 Å². The van der Waals surface area contributed by atoms with Crippen LogP contribution in [-0.4, -0.2) is 37.2 Å². The number of hydrogen-bond donors (Lipinski definition) is 0. The van der Waals surface area contributed by atoms with Crippen LogP contribution in [0.3, 0.4) is 0 Å². The minimum atomic E-state index is -0.827. The van der Waals surface area contributed by atoms with Gasteiger partial charge < -0.3 is 14.2 Å². The van der Waals surface area contributed by atoms with E-state index in [0.29, 0.717) is 19.3 Å². The smallest absolute Gasteiger partial charge is 0.306 e. The Labute approximate surface area is 479 Å². The molecule has 0 aliphatic heterocycles. The fraction of sp³-hybridized carbons (Fsp3) is 0.569. The van der Waals surface area contributed by atoms with Gasteiger partial charge in [0.2, 0.25) is 0 Å². The third-order valence-electron chi connectivity index (χ3n) is 12.4. The Balaban J connectivity index is 4.56. The summed E-state index contributed by atoms with van der Waals surface area (Å²) in [6.07, 6.45) is 94.9. The van der Waals surface area contributed by atoms with Crippen LogP contribution in [0.25, 0.3) is 0 Å². The van der Waals surface area contributed by atoms with Crippen molar-refractivity contribution in [1.82, 2.24) is 0 Å². The number of ether oxygens (including phenoxy) is 3. The van der Waals surface area contributed by atoms with Crippen molar-refractivity contribution in [1.29, 1.82) is 0 Å². The van der Waals surface area contributed by atoms with E-state index in [9.17, 15) is 14.4 Å². The quantitative estimate of drug-likeness (QED) is 0.0261. The summed E-state index contributed by atoms with van der Waals surface area (Å²) in [5.41, 5.74) is 0. The first-order valence-electron chi connectivity index (χ1n) is 31.1. The lowest BCUT2D eigenvalue weighted by Gasteiger charge is -2.18. The molecule has 0 saturated carbocycles. The second-order valence-electron chi connectivity index (χ2n) is 19.8. The van der Waals surface area contributed by atoms with Gasteiger partial charge in [0.05, 0.1) is 0 Å². The van der Waals surface area contributed by atoms with Gasteiger partial charge in [-0.2, -0.15) is 0 Å². The van der Waals surface area contributed by atoms with Crippen molar-refractivity contribution in [2.75, 3.05) is 13.2 Å². The summed E-state index contributed by atoms with van der Waals surface area (Å²) in [4.78, 5) is 38.3. The molecule has 78 heavy (non-hydrogen) atoms. The van der Waals surface area contributed by atoms with E-state index in [4.69, 9.17) is 14.2 Å². The Morgan fingerprint density at radius 2 is 0.500 bits per heavy atom. The summed E-state index contributed by atoms with van der Waals surface area (Å²) < 4.78 is 16.8. The molecule has 6 heteroatoms. The molecule has 0 aliphatic rings. The zero-order valence-corrected chi connectivity index (χ0v) is 49.9. The van der Waals surface area contributed by atoms with Crippen LogP contribution in [0, 0.1) is 0 Å². The second kappa shape index (κ2) is 64.3. The van der Waals surface area contributed by atoms with Gasteiger partial charge in [-0.05, 0) is 154 Å². The number of hydrogen-bond acceptors (Lipinski definition) is 6. The highest BCUT2D eigenvalue weighted by atomic mass is 16.6. The molecular formula is C72H112O6. The van der Waals surface area contributed by atoms with Gasteiger partial charge >= 0.3 is 17.9 Å². The SMILES string of the molecule is CC/C=C\C/C=C\C/C=C\C/C=C\C/C=C\C/C=C\C/C=C\CCCCCC(=O)OCC(COC(=O)CCCCCCC/C=C\C/C=C\CCCCCC)OC(=O)CCCCC/C=C\C/C=C\C/C=C\C/C=C\C/C=C\CC. The minimum Gasteiger partial charge on any atom is -0.462 e. The molecule has 0 aliphatic carbocycles. The second-order valence-corrected chi connectivity index (χ2v) is 19.8. The van der Waals surface area contributed by atoms with Crippen molar-refractivity contribution in [2.45, 2.75) is 252 Å². The first-order chi connectivity index (χ1) is 38.5. The Bertz CT molecular complexity index is 1810. The normalized spacial score (nSPS) is 13.3. The van der Waals surface area contributed by atoms with E-state index in [1.807, 2.05) is 0 Å². The first-order valence-corrected chi connectivity index (χ1v) is 31.1. The number of allylic oxidation sites excluding steroid dienone is 28. The molecule has 0 rings (SSSR count). The van der Waals surface area contributed by atoms with Gasteiger partial charge in [0.15, 0.2) is 6.10 Å². The zero-order valence-electron chi connectivity index (χ0n) is 49.9. The highest BCUT2D eigenvalue weighted by Crippen LogP contribution is 2.12. The molecule has 0 spiro atoms. The molecule has 0 aromatic carbocycles. The predicted octanol–water partition coefficient (Wildman–Crippen LogP) is 21.5. The molecule has 1 unspecified atom stereocenters. The van der Waals surface area contributed by atoms with Crippen molar-refractivity contribution in [3.8, 4) is 0 Å². The van der Waals surface area contributed by atoms with E-state index in [1.54, 1.807) is 0 Å². The molecule has 6 nitrogen and oxygen atoms in total. The van der Waals surface area contributed by atoms with Gasteiger partial charge in [-0.3, -0.25) is 14.4 Å². The lowest BCUT2D eigenvalue weighted by Crippen LogP contribution is -2.30. The zero-order chi connectivity index (χ0) is 56.4. The lowest BCUT2D eigenvalue weighted by atomic mass is 10.1. The number of carbonyl (C=O) groups excluding carboxylic acids is 3. The summed E-state index contributed by atoms with van der Waals surface area (Å²) in [6.45, 7) is 6.32. The molecule has 0 saturated heterocycles. The Morgan fingerprint density at radius 1 is 0.269 bits per heavy atom. The average molecular weight is 1070 g/mol. The molecule has 1 atom stereocenters. The summed E-state index contributed by atoms with van der Waals surface area (Å²) in [6, 6.07) is 0. The maximum atomic E-state index is 12.9. The summed E-state index contributed by atoms with van der Waals surface area (Å²) >= 11 is 0. The topological polar surface area (TPSA) is 78.9 Å². The maximum Gasteiger partial charge on any atom is 0.306 e. The third kappa shape index (κ3) is 61.6. The Morgan fingerprint density at radius 3 is 0.795 bits per heavy atom. The van der Waals surface area contributed by atoms with Gasteiger partial charge in [-0.15, -0.1) is 0 Å². The third-order valence-corrected chi connectivity index (χ3v) is 12.4. The molecule has 0 heterocycles. The van der Waals surface area contributed by atoms with Crippen molar-refractivity contribution in [2.24, 2.45) is 0 Å². The average Bonchev–Trinajstić information content (AvgIpc) is 3.44. The molecule has 0 N–H and O–H groups in total. The first kappa shape index (κ1) is 72.8. The van der Waals surface area contributed by atoms with Crippen LogP contribution in [0.4, 0.5) is 0 Å². The molecule has 436 valence electrons. The van der Waals surface area contributed by atoms with E-state index < -0.39 is 6.10 Å². The number of rotatable bonds is 54. The van der Waals surface area contributed by atoms with E-state index in [-0.39, 0.29) is 37.5 Å². The fourth-order valence-electron chi connectivity index (χ4n) is 7.83. The number of unbranched alkanes of at least 4 members (excludes halogenated alkanes) is 15. The molecule has 0 bridgehead atoms. The molecular weight excluding hydrogens is 961 g/mol. The number of esters is 3. The van der Waals surface area contributed by atoms with Crippen LogP contribution in [0.15, 0.2) is 170 Å². The van der Waals surface area contributed by atoms with Crippen LogP contribution in [-0.2, 0) is 28.6 Å². The van der Waals surface area contributed by atoms with Crippen molar-refractivity contribution < 1.29 is 28.6 Å². The highest BCUT2D eigenvalue weighted by molar-refractivity contribution is 5.71. The van der Waals surface area contributed by atoms with Crippen molar-refractivity contribution >= 4 is 17.9 Å². The van der Waals surface area contributed by atoms with E-state index in [2.05, 4.69) is 191 Å². The summed E-state index contributed by atoms with van der Waals surface area (Å²) in [5.74, 6) is -1.00. The van der Waals surface area contributed by atoms with Crippen molar-refractivity contribution in [3.63, 3.8) is 0 Å². The van der Waals surface area contributed by atoms with Crippen LogP contribution in [0.5, 0.6) is 0 Å².